The maximum absolute atomic E-state index is 11.7. The first-order valence-corrected chi connectivity index (χ1v) is 7.21. The van der Waals surface area contributed by atoms with E-state index in [1.807, 2.05) is 0 Å². The minimum absolute atomic E-state index is 0.0359. The molecule has 7 heteroatoms. The molecule has 0 radical (unpaired) electrons. The number of rotatable bonds is 7. The fourth-order valence-corrected chi connectivity index (χ4v) is 1.98. The van der Waals surface area contributed by atoms with Crippen molar-refractivity contribution in [3.63, 3.8) is 0 Å². The molecule has 0 aromatic heterocycles. The van der Waals surface area contributed by atoms with Gasteiger partial charge in [-0.1, -0.05) is 5.92 Å². The lowest BCUT2D eigenvalue weighted by molar-refractivity contribution is 0.0697. The van der Waals surface area contributed by atoms with Crippen molar-refractivity contribution < 1.29 is 19.4 Å². The number of ether oxygens (including phenoxy) is 1. The van der Waals surface area contributed by atoms with E-state index in [0.717, 1.165) is 0 Å². The maximum atomic E-state index is 11.7. The van der Waals surface area contributed by atoms with Gasteiger partial charge in [-0.15, -0.1) is 18.2 Å². The molecule has 1 aromatic rings. The van der Waals surface area contributed by atoms with Crippen LogP contribution in [0.4, 0.5) is 10.5 Å². The van der Waals surface area contributed by atoms with Crippen molar-refractivity contribution in [3.8, 4) is 18.1 Å². The second-order valence-electron chi connectivity index (χ2n) is 3.85. The van der Waals surface area contributed by atoms with E-state index in [-0.39, 0.29) is 11.3 Å². The van der Waals surface area contributed by atoms with Crippen LogP contribution in [0, 0.1) is 12.3 Å². The lowest BCUT2D eigenvalue weighted by Crippen LogP contribution is -2.31. The number of carboxylic acid groups (broad SMARTS) is 1. The zero-order valence-corrected chi connectivity index (χ0v) is 12.3. The highest BCUT2D eigenvalue weighted by molar-refractivity contribution is 7.99. The Bertz CT molecular complexity index is 554. The van der Waals surface area contributed by atoms with Crippen LogP contribution in [-0.4, -0.2) is 42.3 Å². The van der Waals surface area contributed by atoms with Crippen molar-refractivity contribution in [1.29, 1.82) is 0 Å². The first-order chi connectivity index (χ1) is 10.1. The number of hydrogen-bond acceptors (Lipinski definition) is 4. The molecule has 3 N–H and O–H groups in total. The number of hydrogen-bond donors (Lipinski definition) is 3. The van der Waals surface area contributed by atoms with E-state index >= 15 is 0 Å². The van der Waals surface area contributed by atoms with Gasteiger partial charge in [0.1, 0.15) is 5.75 Å². The van der Waals surface area contributed by atoms with Crippen molar-refractivity contribution in [2.45, 2.75) is 0 Å². The molecule has 0 bridgehead atoms. The molecule has 0 fully saturated rings. The molecule has 0 saturated carbocycles. The number of carbonyl (C=O) groups is 2. The summed E-state index contributed by atoms with van der Waals surface area (Å²) in [5.74, 6) is 3.02. The predicted octanol–water partition coefficient (Wildman–Crippen LogP) is 1.88. The molecule has 6 nitrogen and oxygen atoms in total. The average molecular weight is 308 g/mol. The van der Waals surface area contributed by atoms with Crippen LogP contribution in [0.15, 0.2) is 18.2 Å². The number of urea groups is 1. The Labute approximate surface area is 127 Å². The van der Waals surface area contributed by atoms with Crippen molar-refractivity contribution in [1.82, 2.24) is 5.32 Å². The number of aromatic carboxylic acids is 1. The number of benzene rings is 1. The van der Waals surface area contributed by atoms with Gasteiger partial charge in [-0.3, -0.25) is 0 Å². The van der Waals surface area contributed by atoms with Crippen LogP contribution < -0.4 is 15.4 Å². The zero-order valence-electron chi connectivity index (χ0n) is 11.5. The first kappa shape index (κ1) is 16.7. The zero-order chi connectivity index (χ0) is 15.7. The number of amides is 2. The van der Waals surface area contributed by atoms with Gasteiger partial charge in [0.15, 0.2) is 0 Å². The van der Waals surface area contributed by atoms with E-state index in [9.17, 15) is 9.59 Å². The highest BCUT2D eigenvalue weighted by Gasteiger charge is 2.13. The number of carbonyl (C=O) groups excluding carboxylic acids is 1. The Morgan fingerprint density at radius 1 is 1.48 bits per heavy atom. The number of anilines is 1. The largest absolute Gasteiger partial charge is 0.497 e. The fourth-order valence-electron chi connectivity index (χ4n) is 1.47. The topological polar surface area (TPSA) is 87.7 Å². The summed E-state index contributed by atoms with van der Waals surface area (Å²) in [5, 5.41) is 14.2. The Hall–Kier alpha value is -2.33. The molecule has 0 aliphatic carbocycles. The Balaban J connectivity index is 2.59. The van der Waals surface area contributed by atoms with Crippen LogP contribution in [0.1, 0.15) is 10.4 Å². The van der Waals surface area contributed by atoms with Gasteiger partial charge in [-0.25, -0.2) is 9.59 Å². The third-order valence-corrected chi connectivity index (χ3v) is 3.29. The summed E-state index contributed by atoms with van der Waals surface area (Å²) >= 11 is 1.53. The van der Waals surface area contributed by atoms with E-state index in [2.05, 4.69) is 16.6 Å². The number of terminal acetylenes is 1. The molecule has 0 unspecified atom stereocenters. The van der Waals surface area contributed by atoms with E-state index < -0.39 is 12.0 Å². The summed E-state index contributed by atoms with van der Waals surface area (Å²) in [4.78, 5) is 22.8. The number of carboxylic acids is 1. The Morgan fingerprint density at radius 2 is 2.24 bits per heavy atom. The van der Waals surface area contributed by atoms with E-state index in [4.69, 9.17) is 16.3 Å². The quantitative estimate of drug-likeness (QED) is 0.529. The highest BCUT2D eigenvalue weighted by atomic mass is 32.2. The maximum Gasteiger partial charge on any atom is 0.337 e. The summed E-state index contributed by atoms with van der Waals surface area (Å²) in [5.41, 5.74) is 0.170. The van der Waals surface area contributed by atoms with Gasteiger partial charge < -0.3 is 20.5 Å². The smallest absolute Gasteiger partial charge is 0.337 e. The van der Waals surface area contributed by atoms with Crippen molar-refractivity contribution >= 4 is 29.4 Å². The van der Waals surface area contributed by atoms with Crippen LogP contribution in [0.3, 0.4) is 0 Å². The molecule has 0 atom stereocenters. The molecule has 1 aromatic carbocycles. The van der Waals surface area contributed by atoms with Gasteiger partial charge in [-0.2, -0.15) is 0 Å². The van der Waals surface area contributed by atoms with Crippen molar-refractivity contribution in [3.05, 3.63) is 23.8 Å². The summed E-state index contributed by atoms with van der Waals surface area (Å²) < 4.78 is 4.96. The third kappa shape index (κ3) is 5.67. The van der Waals surface area contributed by atoms with Gasteiger partial charge in [-0.05, 0) is 18.2 Å². The minimum atomic E-state index is -1.14. The van der Waals surface area contributed by atoms with Gasteiger partial charge in [0.25, 0.3) is 0 Å². The number of methoxy groups -OCH3 is 1. The summed E-state index contributed by atoms with van der Waals surface area (Å²) in [6.07, 6.45) is 5.10. The monoisotopic (exact) mass is 308 g/mol. The van der Waals surface area contributed by atoms with E-state index in [0.29, 0.717) is 23.8 Å². The molecule has 0 heterocycles. The van der Waals surface area contributed by atoms with E-state index in [1.165, 1.54) is 31.0 Å². The van der Waals surface area contributed by atoms with Crippen LogP contribution in [0.25, 0.3) is 0 Å². The lowest BCUT2D eigenvalue weighted by atomic mass is 10.1. The molecular formula is C14H16N2O4S. The minimum Gasteiger partial charge on any atom is -0.497 e. The fraction of sp³-hybridized carbons (Fsp3) is 0.286. The Kier molecular flexibility index (Phi) is 6.98. The molecular weight excluding hydrogens is 292 g/mol. The van der Waals surface area contributed by atoms with Gasteiger partial charge in [0.05, 0.1) is 24.1 Å². The van der Waals surface area contributed by atoms with Crippen molar-refractivity contribution in [2.75, 3.05) is 30.5 Å². The summed E-state index contributed by atoms with van der Waals surface area (Å²) in [7, 11) is 1.44. The highest BCUT2D eigenvalue weighted by Crippen LogP contribution is 2.22. The average Bonchev–Trinajstić information content (AvgIpc) is 2.47. The van der Waals surface area contributed by atoms with Crippen LogP contribution in [0.5, 0.6) is 5.75 Å². The molecule has 0 aliphatic rings. The molecule has 21 heavy (non-hydrogen) atoms. The second kappa shape index (κ2) is 8.76. The standard InChI is InChI=1S/C14H16N2O4S/c1-3-7-21-8-6-15-14(19)16-12-5-4-10(20-2)9-11(12)13(17)18/h1,4-5,9H,6-8H2,2H3,(H,17,18)(H2,15,16,19). The van der Waals surface area contributed by atoms with Crippen LogP contribution >= 0.6 is 11.8 Å². The van der Waals surface area contributed by atoms with Crippen molar-refractivity contribution in [2.24, 2.45) is 0 Å². The Morgan fingerprint density at radius 3 is 2.86 bits per heavy atom. The molecule has 112 valence electrons. The summed E-state index contributed by atoms with van der Waals surface area (Å²) in [6.45, 7) is 0.441. The number of nitrogens with one attached hydrogen (secondary N) is 2. The first-order valence-electron chi connectivity index (χ1n) is 6.06. The van der Waals surface area contributed by atoms with E-state index in [1.54, 1.807) is 6.07 Å². The molecule has 0 aliphatic heterocycles. The molecule has 0 saturated heterocycles. The second-order valence-corrected chi connectivity index (χ2v) is 4.96. The number of thioether (sulfide) groups is 1. The van der Waals surface area contributed by atoms with Crippen LogP contribution in [0.2, 0.25) is 0 Å². The predicted molar refractivity (Wildman–Crippen MR) is 83.1 cm³/mol. The normalized spacial score (nSPS) is 9.52. The summed E-state index contributed by atoms with van der Waals surface area (Å²) in [6, 6.07) is 3.93. The lowest BCUT2D eigenvalue weighted by Gasteiger charge is -2.11. The third-order valence-electron chi connectivity index (χ3n) is 2.42. The SMILES string of the molecule is C#CCSCCNC(=O)Nc1ccc(OC)cc1C(=O)O. The molecule has 1 rings (SSSR count). The molecule has 0 spiro atoms. The van der Waals surface area contributed by atoms with Gasteiger partial charge >= 0.3 is 12.0 Å². The van der Waals surface area contributed by atoms with Gasteiger partial charge in [0, 0.05) is 12.3 Å². The molecule has 2 amide bonds. The van der Waals surface area contributed by atoms with Gasteiger partial charge in [0.2, 0.25) is 0 Å². The van der Waals surface area contributed by atoms with Crippen LogP contribution in [-0.2, 0) is 0 Å².